The van der Waals surface area contributed by atoms with E-state index in [9.17, 15) is 14.4 Å². The molecule has 2 amide bonds. The van der Waals surface area contributed by atoms with E-state index in [1.54, 1.807) is 30.3 Å². The van der Waals surface area contributed by atoms with E-state index in [4.69, 9.17) is 9.26 Å². The first kappa shape index (κ1) is 14.6. The first-order chi connectivity index (χ1) is 11.6. The second kappa shape index (κ2) is 5.59. The fourth-order valence-corrected chi connectivity index (χ4v) is 2.69. The summed E-state index contributed by atoms with van der Waals surface area (Å²) >= 11 is 0. The largest absolute Gasteiger partial charge is 0.459 e. The van der Waals surface area contributed by atoms with Crippen LogP contribution in [0, 0.1) is 0 Å². The van der Waals surface area contributed by atoms with Gasteiger partial charge in [-0.25, -0.2) is 4.79 Å². The standard InChI is InChI=1S/C17H14N2O5/c20-15-11-3-1-2-4-12(11)16(21)19(15)7-8-23-17(22)13-9-14(24-18-13)10-5-6-10/h1-4,9-10H,5-8H2. The Labute approximate surface area is 137 Å². The number of hydrogen-bond donors (Lipinski definition) is 0. The summed E-state index contributed by atoms with van der Waals surface area (Å²) in [5.74, 6) is -0.310. The van der Waals surface area contributed by atoms with E-state index < -0.39 is 5.97 Å². The molecule has 0 unspecified atom stereocenters. The van der Waals surface area contributed by atoms with Gasteiger partial charge in [0.05, 0.1) is 17.7 Å². The maximum atomic E-state index is 12.2. The molecule has 0 N–H and O–H groups in total. The van der Waals surface area contributed by atoms with Crippen LogP contribution in [0.25, 0.3) is 0 Å². The molecule has 1 aromatic heterocycles. The normalized spacial score (nSPS) is 16.4. The van der Waals surface area contributed by atoms with Crippen molar-refractivity contribution in [3.63, 3.8) is 0 Å². The zero-order valence-corrected chi connectivity index (χ0v) is 12.7. The van der Waals surface area contributed by atoms with E-state index in [1.807, 2.05) is 0 Å². The highest BCUT2D eigenvalue weighted by Crippen LogP contribution is 2.40. The number of hydrogen-bond acceptors (Lipinski definition) is 6. The molecule has 24 heavy (non-hydrogen) atoms. The number of carbonyl (C=O) groups is 3. The quantitative estimate of drug-likeness (QED) is 0.617. The molecule has 4 rings (SSSR count). The van der Waals surface area contributed by atoms with Crippen LogP contribution in [0.15, 0.2) is 34.9 Å². The van der Waals surface area contributed by atoms with Crippen LogP contribution >= 0.6 is 0 Å². The molecule has 0 radical (unpaired) electrons. The molecule has 1 aliphatic carbocycles. The van der Waals surface area contributed by atoms with Gasteiger partial charge in [-0.3, -0.25) is 14.5 Å². The van der Waals surface area contributed by atoms with Crippen LogP contribution in [-0.2, 0) is 4.74 Å². The average molecular weight is 326 g/mol. The summed E-state index contributed by atoms with van der Waals surface area (Å²) in [7, 11) is 0. The third-order valence-corrected chi connectivity index (χ3v) is 4.14. The third kappa shape index (κ3) is 2.47. The highest BCUT2D eigenvalue weighted by atomic mass is 16.5. The van der Waals surface area contributed by atoms with E-state index in [0.29, 0.717) is 22.8 Å². The summed E-state index contributed by atoms with van der Waals surface area (Å²) in [5, 5.41) is 3.69. The lowest BCUT2D eigenvalue weighted by molar-refractivity contribution is 0.0411. The summed E-state index contributed by atoms with van der Waals surface area (Å²) in [6, 6.07) is 8.21. The van der Waals surface area contributed by atoms with Gasteiger partial charge in [0.15, 0.2) is 5.69 Å². The van der Waals surface area contributed by atoms with Crippen LogP contribution in [-0.4, -0.2) is 41.0 Å². The molecular formula is C17H14N2O5. The van der Waals surface area contributed by atoms with Crippen LogP contribution in [0.4, 0.5) is 0 Å². The Bertz CT molecular complexity index is 802. The number of nitrogens with zero attached hydrogens (tertiary/aromatic N) is 2. The van der Waals surface area contributed by atoms with Crippen molar-refractivity contribution < 1.29 is 23.6 Å². The Kier molecular flexibility index (Phi) is 3.41. The van der Waals surface area contributed by atoms with Crippen molar-refractivity contribution in [2.45, 2.75) is 18.8 Å². The Balaban J connectivity index is 1.35. The maximum absolute atomic E-state index is 12.2. The molecule has 1 fully saturated rings. The summed E-state index contributed by atoms with van der Waals surface area (Å²) in [4.78, 5) is 37.4. The summed E-state index contributed by atoms with van der Waals surface area (Å²) in [6.45, 7) is -0.0820. The zero-order valence-electron chi connectivity index (χ0n) is 12.7. The fourth-order valence-electron chi connectivity index (χ4n) is 2.69. The molecule has 122 valence electrons. The molecule has 7 heteroatoms. The Morgan fingerprint density at radius 1 is 1.21 bits per heavy atom. The number of ether oxygens (including phenoxy) is 1. The molecule has 2 aliphatic rings. The molecule has 1 aliphatic heterocycles. The number of carbonyl (C=O) groups excluding carboxylic acids is 3. The van der Waals surface area contributed by atoms with Gasteiger partial charge in [0.1, 0.15) is 12.4 Å². The number of amides is 2. The van der Waals surface area contributed by atoms with Crippen molar-refractivity contribution in [1.82, 2.24) is 10.1 Å². The van der Waals surface area contributed by atoms with Gasteiger partial charge in [-0.15, -0.1) is 0 Å². The minimum atomic E-state index is -0.623. The number of esters is 1. The zero-order chi connectivity index (χ0) is 16.7. The molecule has 1 aromatic carbocycles. The molecule has 2 heterocycles. The van der Waals surface area contributed by atoms with Gasteiger partial charge in [-0.1, -0.05) is 17.3 Å². The van der Waals surface area contributed by atoms with Crippen LogP contribution in [0.1, 0.15) is 55.7 Å². The predicted octanol–water partition coefficient (Wildman–Crippen LogP) is 2.00. The smallest absolute Gasteiger partial charge is 0.360 e. The highest BCUT2D eigenvalue weighted by Gasteiger charge is 2.35. The first-order valence-electron chi connectivity index (χ1n) is 7.74. The molecule has 0 spiro atoms. The van der Waals surface area contributed by atoms with Crippen molar-refractivity contribution in [3.05, 3.63) is 52.9 Å². The summed E-state index contributed by atoms with van der Waals surface area (Å²) in [5.41, 5.74) is 0.859. The lowest BCUT2D eigenvalue weighted by atomic mass is 10.1. The van der Waals surface area contributed by atoms with Crippen LogP contribution in [0.2, 0.25) is 0 Å². The minimum absolute atomic E-state index is 0.00538. The van der Waals surface area contributed by atoms with Crippen LogP contribution < -0.4 is 0 Å². The number of rotatable bonds is 5. The van der Waals surface area contributed by atoms with Crippen molar-refractivity contribution in [1.29, 1.82) is 0 Å². The maximum Gasteiger partial charge on any atom is 0.360 e. The monoisotopic (exact) mass is 326 g/mol. The van der Waals surface area contributed by atoms with Crippen LogP contribution in [0.3, 0.4) is 0 Å². The van der Waals surface area contributed by atoms with E-state index in [-0.39, 0.29) is 30.7 Å². The van der Waals surface area contributed by atoms with Crippen molar-refractivity contribution >= 4 is 17.8 Å². The van der Waals surface area contributed by atoms with E-state index >= 15 is 0 Å². The van der Waals surface area contributed by atoms with E-state index in [1.165, 1.54) is 0 Å². The summed E-state index contributed by atoms with van der Waals surface area (Å²) < 4.78 is 10.2. The number of aromatic nitrogens is 1. The number of fused-ring (bicyclic) bond motifs is 1. The first-order valence-corrected chi connectivity index (χ1v) is 7.74. The molecule has 0 saturated heterocycles. The molecule has 1 saturated carbocycles. The Morgan fingerprint density at radius 3 is 2.50 bits per heavy atom. The topological polar surface area (TPSA) is 89.7 Å². The minimum Gasteiger partial charge on any atom is -0.459 e. The second-order valence-corrected chi connectivity index (χ2v) is 5.83. The van der Waals surface area contributed by atoms with Crippen molar-refractivity contribution in [3.8, 4) is 0 Å². The predicted molar refractivity (Wildman–Crippen MR) is 80.6 cm³/mol. The lowest BCUT2D eigenvalue weighted by Gasteiger charge is -2.13. The molecule has 0 atom stereocenters. The van der Waals surface area contributed by atoms with E-state index in [0.717, 1.165) is 17.7 Å². The number of imide groups is 1. The average Bonchev–Trinajstić information content (AvgIpc) is 3.28. The third-order valence-electron chi connectivity index (χ3n) is 4.14. The van der Waals surface area contributed by atoms with Gasteiger partial charge in [-0.05, 0) is 25.0 Å². The van der Waals surface area contributed by atoms with Crippen LogP contribution in [0.5, 0.6) is 0 Å². The van der Waals surface area contributed by atoms with Gasteiger partial charge < -0.3 is 9.26 Å². The molecule has 2 aromatic rings. The van der Waals surface area contributed by atoms with Gasteiger partial charge in [0.25, 0.3) is 11.8 Å². The SMILES string of the molecule is O=C(OCCN1C(=O)c2ccccc2C1=O)c1cc(C2CC2)on1. The summed E-state index contributed by atoms with van der Waals surface area (Å²) in [6.07, 6.45) is 2.09. The number of benzene rings is 1. The van der Waals surface area contributed by atoms with E-state index in [2.05, 4.69) is 5.16 Å². The van der Waals surface area contributed by atoms with Gasteiger partial charge >= 0.3 is 5.97 Å². The Morgan fingerprint density at radius 2 is 1.88 bits per heavy atom. The van der Waals surface area contributed by atoms with Crippen molar-refractivity contribution in [2.24, 2.45) is 0 Å². The highest BCUT2D eigenvalue weighted by molar-refractivity contribution is 6.21. The van der Waals surface area contributed by atoms with Crippen molar-refractivity contribution in [2.75, 3.05) is 13.2 Å². The molecule has 0 bridgehead atoms. The van der Waals surface area contributed by atoms with Gasteiger partial charge in [0, 0.05) is 12.0 Å². The van der Waals surface area contributed by atoms with Gasteiger partial charge in [0.2, 0.25) is 0 Å². The lowest BCUT2D eigenvalue weighted by Crippen LogP contribution is -2.33. The Hall–Kier alpha value is -2.96. The fraction of sp³-hybridized carbons (Fsp3) is 0.294. The second-order valence-electron chi connectivity index (χ2n) is 5.83. The molecular weight excluding hydrogens is 312 g/mol. The molecule has 7 nitrogen and oxygen atoms in total. The van der Waals surface area contributed by atoms with Gasteiger partial charge in [-0.2, -0.15) is 0 Å².